The molecule has 4 heteroatoms. The molecule has 0 bridgehead atoms. The zero-order valence-corrected chi connectivity index (χ0v) is 14.8. The monoisotopic (exact) mass is 337 g/mol. The second-order valence-corrected chi connectivity index (χ2v) is 6.83. The van der Waals surface area contributed by atoms with Crippen LogP contribution < -0.4 is 11.1 Å². The zero-order chi connectivity index (χ0) is 17.6. The molecule has 1 heterocycles. The van der Waals surface area contributed by atoms with Gasteiger partial charge in [0.05, 0.1) is 12.0 Å². The number of hydrogen-bond donors (Lipinski definition) is 2. The highest BCUT2D eigenvalue weighted by atomic mass is 16.1. The van der Waals surface area contributed by atoms with Crippen LogP contribution in [0, 0.1) is 0 Å². The number of anilines is 1. The number of para-hydroxylation sites is 1. The van der Waals surface area contributed by atoms with E-state index in [1.807, 2.05) is 49.4 Å². The van der Waals surface area contributed by atoms with Gasteiger partial charge in [-0.3, -0.25) is 4.79 Å². The number of nitrogens with zero attached hydrogens (tertiary/aromatic N) is 1. The molecule has 4 nitrogen and oxygen atoms in total. The van der Waals surface area contributed by atoms with Crippen LogP contribution in [0.3, 0.4) is 0 Å². The summed E-state index contributed by atoms with van der Waals surface area (Å²) in [6, 6.07) is 17.8. The minimum absolute atomic E-state index is 0.000753. The van der Waals surface area contributed by atoms with E-state index in [-0.39, 0.29) is 17.9 Å². The van der Waals surface area contributed by atoms with Crippen molar-refractivity contribution in [2.75, 3.05) is 25.4 Å². The van der Waals surface area contributed by atoms with E-state index in [2.05, 4.69) is 22.3 Å². The normalized spacial score (nSPS) is 17.2. The first kappa shape index (κ1) is 17.5. The van der Waals surface area contributed by atoms with Gasteiger partial charge < -0.3 is 16.0 Å². The number of rotatable bonds is 6. The van der Waals surface area contributed by atoms with Gasteiger partial charge >= 0.3 is 0 Å². The van der Waals surface area contributed by atoms with Crippen molar-refractivity contribution >= 4 is 11.6 Å². The molecule has 3 rings (SSSR count). The van der Waals surface area contributed by atoms with Crippen LogP contribution in [0.25, 0.3) is 0 Å². The van der Waals surface area contributed by atoms with Crippen molar-refractivity contribution in [3.05, 3.63) is 65.7 Å². The van der Waals surface area contributed by atoms with Crippen LogP contribution in [0.5, 0.6) is 0 Å². The lowest BCUT2D eigenvalue weighted by molar-refractivity contribution is -0.123. The van der Waals surface area contributed by atoms with Gasteiger partial charge in [-0.15, -0.1) is 0 Å². The Hall–Kier alpha value is -2.33. The molecule has 1 aliphatic rings. The van der Waals surface area contributed by atoms with E-state index < -0.39 is 0 Å². The first-order chi connectivity index (χ1) is 12.1. The van der Waals surface area contributed by atoms with Gasteiger partial charge in [0.2, 0.25) is 5.91 Å². The summed E-state index contributed by atoms with van der Waals surface area (Å²) in [6.45, 7) is 4.99. The number of carbonyl (C=O) groups is 1. The molecule has 2 atom stereocenters. The number of nitrogens with two attached hydrogens (primary N) is 1. The van der Waals surface area contributed by atoms with Crippen LogP contribution in [0.1, 0.15) is 42.9 Å². The Balaban J connectivity index is 1.74. The molecule has 2 aromatic carbocycles. The summed E-state index contributed by atoms with van der Waals surface area (Å²) in [7, 11) is 0. The molecular weight excluding hydrogens is 310 g/mol. The van der Waals surface area contributed by atoms with Crippen LogP contribution in [-0.2, 0) is 4.79 Å². The molecule has 1 aliphatic heterocycles. The third-order valence-corrected chi connectivity index (χ3v) is 5.01. The Morgan fingerprint density at radius 1 is 1.08 bits per heavy atom. The van der Waals surface area contributed by atoms with E-state index in [4.69, 9.17) is 5.73 Å². The van der Waals surface area contributed by atoms with Crippen LogP contribution >= 0.6 is 0 Å². The molecular formula is C21H27N3O. The molecule has 1 saturated heterocycles. The minimum Gasteiger partial charge on any atom is -0.398 e. The Bertz CT molecular complexity index is 695. The van der Waals surface area contributed by atoms with E-state index in [1.165, 1.54) is 12.8 Å². The summed E-state index contributed by atoms with van der Waals surface area (Å²) >= 11 is 0. The van der Waals surface area contributed by atoms with Crippen molar-refractivity contribution in [3.8, 4) is 0 Å². The number of nitrogens with one attached hydrogen (secondary N) is 1. The Morgan fingerprint density at radius 2 is 1.72 bits per heavy atom. The Labute approximate surface area is 150 Å². The lowest BCUT2D eigenvalue weighted by Crippen LogP contribution is -2.38. The summed E-state index contributed by atoms with van der Waals surface area (Å²) in [5.41, 5.74) is 8.74. The molecule has 1 amide bonds. The van der Waals surface area contributed by atoms with E-state index in [0.717, 1.165) is 30.8 Å². The van der Waals surface area contributed by atoms with Gasteiger partial charge in [-0.2, -0.15) is 0 Å². The Kier molecular flexibility index (Phi) is 5.71. The SMILES string of the molecule is CC(C(=O)NC(CN1CCCC1)c1ccccc1)c1ccccc1N. The first-order valence-corrected chi connectivity index (χ1v) is 9.07. The summed E-state index contributed by atoms with van der Waals surface area (Å²) in [5, 5.41) is 3.25. The van der Waals surface area contributed by atoms with Crippen molar-refractivity contribution in [3.63, 3.8) is 0 Å². The molecule has 0 aliphatic carbocycles. The van der Waals surface area contributed by atoms with Gasteiger partial charge in [-0.05, 0) is 50.0 Å². The van der Waals surface area contributed by atoms with Crippen molar-refractivity contribution < 1.29 is 4.79 Å². The second kappa shape index (κ2) is 8.17. The zero-order valence-electron chi connectivity index (χ0n) is 14.8. The van der Waals surface area contributed by atoms with E-state index >= 15 is 0 Å². The van der Waals surface area contributed by atoms with Crippen LogP contribution in [0.4, 0.5) is 5.69 Å². The van der Waals surface area contributed by atoms with Crippen LogP contribution in [-0.4, -0.2) is 30.4 Å². The fourth-order valence-corrected chi connectivity index (χ4v) is 3.49. The largest absolute Gasteiger partial charge is 0.398 e. The van der Waals surface area contributed by atoms with Crippen molar-refractivity contribution in [2.24, 2.45) is 0 Å². The van der Waals surface area contributed by atoms with Crippen molar-refractivity contribution in [1.29, 1.82) is 0 Å². The molecule has 132 valence electrons. The molecule has 0 radical (unpaired) electrons. The maximum atomic E-state index is 12.9. The van der Waals surface area contributed by atoms with E-state index in [0.29, 0.717) is 5.69 Å². The van der Waals surface area contributed by atoms with Crippen LogP contribution in [0.2, 0.25) is 0 Å². The van der Waals surface area contributed by atoms with E-state index in [1.54, 1.807) is 0 Å². The predicted octanol–water partition coefficient (Wildman–Crippen LogP) is 3.33. The maximum absolute atomic E-state index is 12.9. The number of amides is 1. The third kappa shape index (κ3) is 4.40. The number of hydrogen-bond acceptors (Lipinski definition) is 3. The van der Waals surface area contributed by atoms with Gasteiger partial charge in [0.1, 0.15) is 0 Å². The first-order valence-electron chi connectivity index (χ1n) is 9.07. The molecule has 0 aromatic heterocycles. The van der Waals surface area contributed by atoms with Gasteiger partial charge in [0.25, 0.3) is 0 Å². The molecule has 0 spiro atoms. The lowest BCUT2D eigenvalue weighted by atomic mass is 9.97. The Morgan fingerprint density at radius 3 is 2.40 bits per heavy atom. The van der Waals surface area contributed by atoms with Gasteiger partial charge in [-0.25, -0.2) is 0 Å². The summed E-state index contributed by atoms with van der Waals surface area (Å²) < 4.78 is 0. The second-order valence-electron chi connectivity index (χ2n) is 6.83. The quantitative estimate of drug-likeness (QED) is 0.795. The predicted molar refractivity (Wildman–Crippen MR) is 102 cm³/mol. The van der Waals surface area contributed by atoms with E-state index in [9.17, 15) is 4.79 Å². The molecule has 3 N–H and O–H groups in total. The van der Waals surface area contributed by atoms with Gasteiger partial charge in [0.15, 0.2) is 0 Å². The standard InChI is InChI=1S/C21H27N3O/c1-16(18-11-5-6-12-19(18)22)21(25)23-20(15-24-13-7-8-14-24)17-9-3-2-4-10-17/h2-6,9-12,16,20H,7-8,13-15,22H2,1H3,(H,23,25). The highest BCUT2D eigenvalue weighted by molar-refractivity contribution is 5.85. The summed E-state index contributed by atoms with van der Waals surface area (Å²) in [4.78, 5) is 15.3. The molecule has 2 aromatic rings. The average Bonchev–Trinajstić information content (AvgIpc) is 3.15. The number of carbonyl (C=O) groups excluding carboxylic acids is 1. The van der Waals surface area contributed by atoms with Gasteiger partial charge in [0, 0.05) is 12.2 Å². The summed E-state index contributed by atoms with van der Waals surface area (Å²) in [6.07, 6.45) is 2.48. The number of likely N-dealkylation sites (tertiary alicyclic amines) is 1. The van der Waals surface area contributed by atoms with Crippen molar-refractivity contribution in [2.45, 2.75) is 31.7 Å². The molecule has 2 unspecified atom stereocenters. The van der Waals surface area contributed by atoms with Crippen molar-refractivity contribution in [1.82, 2.24) is 10.2 Å². The topological polar surface area (TPSA) is 58.4 Å². The third-order valence-electron chi connectivity index (χ3n) is 5.01. The average molecular weight is 337 g/mol. The highest BCUT2D eigenvalue weighted by Crippen LogP contribution is 2.24. The number of nitrogen functional groups attached to an aromatic ring is 1. The smallest absolute Gasteiger partial charge is 0.227 e. The summed E-state index contributed by atoms with van der Waals surface area (Å²) in [5.74, 6) is -0.253. The number of benzene rings is 2. The lowest BCUT2D eigenvalue weighted by Gasteiger charge is -2.26. The molecule has 25 heavy (non-hydrogen) atoms. The maximum Gasteiger partial charge on any atom is 0.227 e. The van der Waals surface area contributed by atoms with Crippen LogP contribution in [0.15, 0.2) is 54.6 Å². The molecule has 0 saturated carbocycles. The fourth-order valence-electron chi connectivity index (χ4n) is 3.49. The van der Waals surface area contributed by atoms with Gasteiger partial charge in [-0.1, -0.05) is 48.5 Å². The highest BCUT2D eigenvalue weighted by Gasteiger charge is 2.24. The molecule has 1 fully saturated rings. The fraction of sp³-hybridized carbons (Fsp3) is 0.381. The minimum atomic E-state index is -0.272.